The predicted molar refractivity (Wildman–Crippen MR) is 67.7 cm³/mol. The first-order chi connectivity index (χ1) is 6.81. The van der Waals surface area contributed by atoms with Crippen LogP contribution in [0.15, 0.2) is 17.5 Å². The molecule has 0 aliphatic heterocycles. The van der Waals surface area contributed by atoms with Gasteiger partial charge in [-0.2, -0.15) is 12.6 Å². The summed E-state index contributed by atoms with van der Waals surface area (Å²) in [6.07, 6.45) is 1.03. The van der Waals surface area contributed by atoms with Gasteiger partial charge < -0.3 is 0 Å². The Kier molecular flexibility index (Phi) is 3.26. The smallest absolute Gasteiger partial charge is 0.133 e. The SMILES string of the molecule is Cc1nc(-c2cccs2)sc1CCS. The highest BCUT2D eigenvalue weighted by Gasteiger charge is 2.08. The molecule has 2 aromatic heterocycles. The zero-order valence-electron chi connectivity index (χ0n) is 7.86. The van der Waals surface area contributed by atoms with Crippen LogP contribution in [0.5, 0.6) is 0 Å². The average molecular weight is 241 g/mol. The zero-order chi connectivity index (χ0) is 9.97. The van der Waals surface area contributed by atoms with Crippen molar-refractivity contribution in [2.24, 2.45) is 0 Å². The van der Waals surface area contributed by atoms with E-state index >= 15 is 0 Å². The molecule has 4 heteroatoms. The van der Waals surface area contributed by atoms with Gasteiger partial charge in [-0.1, -0.05) is 6.07 Å². The van der Waals surface area contributed by atoms with Gasteiger partial charge in [-0.15, -0.1) is 22.7 Å². The molecule has 0 aliphatic rings. The maximum atomic E-state index is 4.57. The van der Waals surface area contributed by atoms with E-state index in [1.807, 2.05) is 0 Å². The van der Waals surface area contributed by atoms with E-state index in [9.17, 15) is 0 Å². The molecule has 1 nitrogen and oxygen atoms in total. The second kappa shape index (κ2) is 4.47. The highest BCUT2D eigenvalue weighted by molar-refractivity contribution is 7.80. The van der Waals surface area contributed by atoms with E-state index < -0.39 is 0 Å². The Morgan fingerprint density at radius 3 is 3.00 bits per heavy atom. The van der Waals surface area contributed by atoms with Crippen LogP contribution in [0, 0.1) is 6.92 Å². The van der Waals surface area contributed by atoms with Crippen molar-refractivity contribution in [3.05, 3.63) is 28.1 Å². The van der Waals surface area contributed by atoms with Crippen molar-refractivity contribution in [1.82, 2.24) is 4.98 Å². The third-order valence-electron chi connectivity index (χ3n) is 1.96. The minimum atomic E-state index is 0.896. The Labute approximate surface area is 97.2 Å². The van der Waals surface area contributed by atoms with Gasteiger partial charge in [-0.25, -0.2) is 4.98 Å². The van der Waals surface area contributed by atoms with E-state index in [1.54, 1.807) is 22.7 Å². The van der Waals surface area contributed by atoms with Crippen molar-refractivity contribution in [1.29, 1.82) is 0 Å². The molecule has 14 heavy (non-hydrogen) atoms. The summed E-state index contributed by atoms with van der Waals surface area (Å²) in [6, 6.07) is 4.18. The van der Waals surface area contributed by atoms with Crippen LogP contribution in [0.25, 0.3) is 9.88 Å². The highest BCUT2D eigenvalue weighted by atomic mass is 32.1. The van der Waals surface area contributed by atoms with Crippen LogP contribution in [0.2, 0.25) is 0 Å². The van der Waals surface area contributed by atoms with Crippen molar-refractivity contribution in [2.75, 3.05) is 5.75 Å². The topological polar surface area (TPSA) is 12.9 Å². The lowest BCUT2D eigenvalue weighted by molar-refractivity contribution is 1.13. The molecule has 0 radical (unpaired) electrons. The molecule has 2 rings (SSSR count). The van der Waals surface area contributed by atoms with Crippen LogP contribution in [0.3, 0.4) is 0 Å². The lowest BCUT2D eigenvalue weighted by atomic mass is 10.3. The van der Waals surface area contributed by atoms with Crippen LogP contribution in [0.1, 0.15) is 10.6 Å². The van der Waals surface area contributed by atoms with Gasteiger partial charge in [0.25, 0.3) is 0 Å². The molecule has 0 N–H and O–H groups in total. The largest absolute Gasteiger partial charge is 0.240 e. The normalized spacial score (nSPS) is 10.7. The zero-order valence-corrected chi connectivity index (χ0v) is 10.4. The number of hydrogen-bond donors (Lipinski definition) is 1. The molecule has 0 unspecified atom stereocenters. The quantitative estimate of drug-likeness (QED) is 0.809. The molecule has 0 fully saturated rings. The number of hydrogen-bond acceptors (Lipinski definition) is 4. The number of thiophene rings is 1. The summed E-state index contributed by atoms with van der Waals surface area (Å²) in [6.45, 7) is 2.08. The number of nitrogens with zero attached hydrogens (tertiary/aromatic N) is 1. The number of rotatable bonds is 3. The van der Waals surface area contributed by atoms with Gasteiger partial charge in [0.2, 0.25) is 0 Å². The standard InChI is InChI=1S/C10H11NS3/c1-7-8(4-5-12)14-10(11-7)9-3-2-6-13-9/h2-3,6,12H,4-5H2,1H3. The van der Waals surface area contributed by atoms with Crippen molar-refractivity contribution in [3.63, 3.8) is 0 Å². The number of thiol groups is 1. The van der Waals surface area contributed by atoms with Gasteiger partial charge in [0.15, 0.2) is 0 Å². The molecule has 2 heterocycles. The first-order valence-electron chi connectivity index (χ1n) is 4.42. The molecule has 0 bridgehead atoms. The Bertz CT molecular complexity index is 403. The van der Waals surface area contributed by atoms with Gasteiger partial charge in [0, 0.05) is 4.88 Å². The maximum Gasteiger partial charge on any atom is 0.133 e. The fraction of sp³-hybridized carbons (Fsp3) is 0.300. The van der Waals surface area contributed by atoms with Crippen molar-refractivity contribution in [3.8, 4) is 9.88 Å². The Balaban J connectivity index is 2.33. The monoisotopic (exact) mass is 241 g/mol. The van der Waals surface area contributed by atoms with Crippen molar-refractivity contribution >= 4 is 35.3 Å². The summed E-state index contributed by atoms with van der Waals surface area (Å²) >= 11 is 7.78. The maximum absolute atomic E-state index is 4.57. The van der Waals surface area contributed by atoms with Gasteiger partial charge in [-0.3, -0.25) is 0 Å². The third-order valence-corrected chi connectivity index (χ3v) is 4.44. The van der Waals surface area contributed by atoms with Crippen molar-refractivity contribution < 1.29 is 0 Å². The Morgan fingerprint density at radius 2 is 2.36 bits per heavy atom. The lowest BCUT2D eigenvalue weighted by Gasteiger charge is -1.90. The molecule has 0 aromatic carbocycles. The predicted octanol–water partition coefficient (Wildman–Crippen LogP) is 3.65. The average Bonchev–Trinajstić information content (AvgIpc) is 2.76. The van der Waals surface area contributed by atoms with Gasteiger partial charge in [0.05, 0.1) is 10.6 Å². The summed E-state index contributed by atoms with van der Waals surface area (Å²) in [7, 11) is 0. The molecule has 0 amide bonds. The second-order valence-corrected chi connectivity index (χ2v) is 5.46. The summed E-state index contributed by atoms with van der Waals surface area (Å²) < 4.78 is 0. The molecule has 0 spiro atoms. The molecule has 0 aliphatic carbocycles. The van der Waals surface area contributed by atoms with E-state index in [4.69, 9.17) is 0 Å². The molecule has 2 aromatic rings. The Morgan fingerprint density at radius 1 is 1.50 bits per heavy atom. The van der Waals surface area contributed by atoms with Crippen LogP contribution >= 0.6 is 35.3 Å². The van der Waals surface area contributed by atoms with E-state index in [1.165, 1.54) is 9.75 Å². The van der Waals surface area contributed by atoms with Crippen LogP contribution in [-0.4, -0.2) is 10.7 Å². The van der Waals surface area contributed by atoms with Crippen LogP contribution in [-0.2, 0) is 6.42 Å². The highest BCUT2D eigenvalue weighted by Crippen LogP contribution is 2.31. The summed E-state index contributed by atoms with van der Waals surface area (Å²) in [4.78, 5) is 7.20. The van der Waals surface area contributed by atoms with Crippen LogP contribution < -0.4 is 0 Å². The summed E-state index contributed by atoms with van der Waals surface area (Å²) in [5, 5.41) is 3.24. The molecule has 0 atom stereocenters. The van der Waals surface area contributed by atoms with E-state index in [2.05, 4.69) is 42.0 Å². The van der Waals surface area contributed by atoms with E-state index in [0.29, 0.717) is 0 Å². The lowest BCUT2D eigenvalue weighted by Crippen LogP contribution is -1.84. The van der Waals surface area contributed by atoms with Crippen LogP contribution in [0.4, 0.5) is 0 Å². The van der Waals surface area contributed by atoms with E-state index in [0.717, 1.165) is 22.9 Å². The number of aryl methyl sites for hydroxylation is 2. The fourth-order valence-electron chi connectivity index (χ4n) is 1.27. The molecular formula is C10H11NS3. The fourth-order valence-corrected chi connectivity index (χ4v) is 3.50. The molecular weight excluding hydrogens is 230 g/mol. The minimum Gasteiger partial charge on any atom is -0.240 e. The summed E-state index contributed by atoms with van der Waals surface area (Å²) in [5.74, 6) is 0.896. The molecule has 0 saturated carbocycles. The van der Waals surface area contributed by atoms with E-state index in [-0.39, 0.29) is 0 Å². The Hall–Kier alpha value is -0.320. The summed E-state index contributed by atoms with van der Waals surface area (Å²) in [5.41, 5.74) is 1.16. The van der Waals surface area contributed by atoms with Gasteiger partial charge in [-0.05, 0) is 30.5 Å². The minimum absolute atomic E-state index is 0.896. The number of thiazole rings is 1. The van der Waals surface area contributed by atoms with Gasteiger partial charge in [0.1, 0.15) is 5.01 Å². The molecule has 74 valence electrons. The van der Waals surface area contributed by atoms with Gasteiger partial charge >= 0.3 is 0 Å². The van der Waals surface area contributed by atoms with Crippen molar-refractivity contribution in [2.45, 2.75) is 13.3 Å². The number of aromatic nitrogens is 1. The third kappa shape index (κ3) is 2.02. The first-order valence-corrected chi connectivity index (χ1v) is 6.75. The molecule has 0 saturated heterocycles. The second-order valence-electron chi connectivity index (χ2n) is 2.98. The first kappa shape index (κ1) is 10.2.